The van der Waals surface area contributed by atoms with Crippen molar-refractivity contribution in [1.29, 1.82) is 0 Å². The molecular formula is C5H5Cl3O2. The second-order valence-corrected chi connectivity index (χ2v) is 2.76. The normalized spacial score (nSPS) is 10.0. The molecule has 0 rings (SSSR count). The molecule has 0 aromatic rings. The zero-order valence-electron chi connectivity index (χ0n) is 4.94. The van der Waals surface area contributed by atoms with Crippen LogP contribution in [0.1, 0.15) is 6.42 Å². The predicted octanol–water partition coefficient (Wildman–Crippen LogP) is 1.76. The number of carbonyl (C=O) groups is 2. The first-order valence-corrected chi connectivity index (χ1v) is 3.83. The van der Waals surface area contributed by atoms with E-state index < -0.39 is 16.4 Å². The third-order valence-electron chi connectivity index (χ3n) is 0.946. The zero-order chi connectivity index (χ0) is 8.15. The van der Waals surface area contributed by atoms with Gasteiger partial charge in [0.1, 0.15) is 5.92 Å². The van der Waals surface area contributed by atoms with Gasteiger partial charge in [0.25, 0.3) is 0 Å². The van der Waals surface area contributed by atoms with Crippen molar-refractivity contribution in [3.8, 4) is 0 Å². The average Bonchev–Trinajstić information content (AvgIpc) is 1.81. The fraction of sp³-hybridized carbons (Fsp3) is 0.600. The molecule has 2 nitrogen and oxygen atoms in total. The molecule has 0 spiro atoms. The Morgan fingerprint density at radius 2 is 1.60 bits per heavy atom. The molecule has 0 radical (unpaired) electrons. The Morgan fingerprint density at radius 3 is 1.70 bits per heavy atom. The Bertz CT molecular complexity index is 132. The monoisotopic (exact) mass is 202 g/mol. The van der Waals surface area contributed by atoms with E-state index in [-0.39, 0.29) is 12.3 Å². The Morgan fingerprint density at radius 1 is 1.20 bits per heavy atom. The molecule has 0 aliphatic carbocycles. The molecule has 0 bridgehead atoms. The Kier molecular flexibility index (Phi) is 5.04. The fourth-order valence-electron chi connectivity index (χ4n) is 0.425. The predicted molar refractivity (Wildman–Crippen MR) is 40.5 cm³/mol. The van der Waals surface area contributed by atoms with Crippen LogP contribution in [-0.4, -0.2) is 16.4 Å². The van der Waals surface area contributed by atoms with Crippen LogP contribution in [0, 0.1) is 5.92 Å². The van der Waals surface area contributed by atoms with Gasteiger partial charge in [0, 0.05) is 5.88 Å². The number of carbonyl (C=O) groups excluding carboxylic acids is 2. The summed E-state index contributed by atoms with van der Waals surface area (Å²) in [4.78, 5) is 20.8. The van der Waals surface area contributed by atoms with Gasteiger partial charge in [0.2, 0.25) is 10.5 Å². The third-order valence-corrected chi connectivity index (χ3v) is 1.69. The highest BCUT2D eigenvalue weighted by atomic mass is 35.5. The highest BCUT2D eigenvalue weighted by molar-refractivity contribution is 6.73. The Balaban J connectivity index is 3.98. The minimum absolute atomic E-state index is 0.196. The minimum Gasteiger partial charge on any atom is -0.280 e. The quantitative estimate of drug-likeness (QED) is 0.396. The van der Waals surface area contributed by atoms with Gasteiger partial charge in [-0.2, -0.15) is 0 Å². The lowest BCUT2D eigenvalue weighted by Crippen LogP contribution is -2.16. The Labute approximate surface area is 73.4 Å². The summed E-state index contributed by atoms with van der Waals surface area (Å²) >= 11 is 15.3. The molecule has 0 aliphatic heterocycles. The summed E-state index contributed by atoms with van der Waals surface area (Å²) in [6.45, 7) is 0. The number of rotatable bonds is 4. The first-order chi connectivity index (χ1) is 4.59. The van der Waals surface area contributed by atoms with Crippen LogP contribution in [0.15, 0.2) is 0 Å². The smallest absolute Gasteiger partial charge is 0.233 e. The van der Waals surface area contributed by atoms with Crippen LogP contribution in [0.25, 0.3) is 0 Å². The van der Waals surface area contributed by atoms with Crippen LogP contribution in [0.3, 0.4) is 0 Å². The molecule has 0 heterocycles. The maximum atomic E-state index is 10.4. The van der Waals surface area contributed by atoms with Crippen LogP contribution in [-0.2, 0) is 9.59 Å². The maximum absolute atomic E-state index is 10.4. The van der Waals surface area contributed by atoms with Crippen molar-refractivity contribution in [3.05, 3.63) is 0 Å². The molecule has 0 saturated carbocycles. The van der Waals surface area contributed by atoms with Gasteiger partial charge in [-0.05, 0) is 29.6 Å². The Hall–Kier alpha value is 0.210. The summed E-state index contributed by atoms with van der Waals surface area (Å²) in [5.41, 5.74) is 0. The summed E-state index contributed by atoms with van der Waals surface area (Å²) in [5, 5.41) is -1.50. The van der Waals surface area contributed by atoms with Crippen molar-refractivity contribution in [2.24, 2.45) is 5.92 Å². The van der Waals surface area contributed by atoms with Gasteiger partial charge < -0.3 is 0 Å². The molecule has 5 heteroatoms. The molecule has 0 amide bonds. The van der Waals surface area contributed by atoms with E-state index in [0.717, 1.165) is 0 Å². The van der Waals surface area contributed by atoms with E-state index in [4.69, 9.17) is 34.8 Å². The molecule has 58 valence electrons. The van der Waals surface area contributed by atoms with Crippen LogP contribution < -0.4 is 0 Å². The summed E-state index contributed by atoms with van der Waals surface area (Å²) in [7, 11) is 0. The van der Waals surface area contributed by atoms with Gasteiger partial charge in [-0.1, -0.05) is 0 Å². The van der Waals surface area contributed by atoms with Crippen molar-refractivity contribution in [2.75, 3.05) is 5.88 Å². The zero-order valence-corrected chi connectivity index (χ0v) is 7.21. The second-order valence-electron chi connectivity index (χ2n) is 1.64. The lowest BCUT2D eigenvalue weighted by atomic mass is 10.1. The molecular weight excluding hydrogens is 198 g/mol. The van der Waals surface area contributed by atoms with Crippen LogP contribution in [0.2, 0.25) is 0 Å². The second kappa shape index (κ2) is 4.94. The molecule has 0 unspecified atom stereocenters. The van der Waals surface area contributed by atoms with Gasteiger partial charge in [0.05, 0.1) is 0 Å². The largest absolute Gasteiger partial charge is 0.280 e. The van der Waals surface area contributed by atoms with Crippen molar-refractivity contribution < 1.29 is 9.59 Å². The molecule has 0 aromatic carbocycles. The van der Waals surface area contributed by atoms with Gasteiger partial charge in [-0.15, -0.1) is 11.6 Å². The van der Waals surface area contributed by atoms with E-state index in [0.29, 0.717) is 0 Å². The highest BCUT2D eigenvalue weighted by Gasteiger charge is 2.21. The van der Waals surface area contributed by atoms with Crippen molar-refractivity contribution in [3.63, 3.8) is 0 Å². The van der Waals surface area contributed by atoms with Crippen LogP contribution >= 0.6 is 34.8 Å². The molecule has 10 heavy (non-hydrogen) atoms. The van der Waals surface area contributed by atoms with Gasteiger partial charge in [0.15, 0.2) is 0 Å². The number of halogens is 3. The van der Waals surface area contributed by atoms with Crippen molar-refractivity contribution >= 4 is 45.3 Å². The van der Waals surface area contributed by atoms with E-state index >= 15 is 0 Å². The van der Waals surface area contributed by atoms with E-state index in [2.05, 4.69) is 0 Å². The summed E-state index contributed by atoms with van der Waals surface area (Å²) in [5.74, 6) is -0.748. The highest BCUT2D eigenvalue weighted by Crippen LogP contribution is 2.12. The molecule has 0 atom stereocenters. The SMILES string of the molecule is O=C(Cl)C(CCCl)C(=O)Cl. The molecule has 0 N–H and O–H groups in total. The molecule has 0 aliphatic rings. The van der Waals surface area contributed by atoms with E-state index in [1.807, 2.05) is 0 Å². The van der Waals surface area contributed by atoms with Crippen molar-refractivity contribution in [1.82, 2.24) is 0 Å². The number of hydrogen-bond donors (Lipinski definition) is 0. The first-order valence-electron chi connectivity index (χ1n) is 2.54. The molecule has 0 saturated heterocycles. The van der Waals surface area contributed by atoms with E-state index in [9.17, 15) is 9.59 Å². The molecule has 0 aromatic heterocycles. The lowest BCUT2D eigenvalue weighted by molar-refractivity contribution is -0.123. The van der Waals surface area contributed by atoms with Gasteiger partial charge in [-0.3, -0.25) is 9.59 Å². The minimum atomic E-state index is -0.944. The number of hydrogen-bond acceptors (Lipinski definition) is 2. The van der Waals surface area contributed by atoms with E-state index in [1.165, 1.54) is 0 Å². The van der Waals surface area contributed by atoms with Crippen molar-refractivity contribution in [2.45, 2.75) is 6.42 Å². The maximum Gasteiger partial charge on any atom is 0.233 e. The summed E-state index contributed by atoms with van der Waals surface area (Å²) in [6, 6.07) is 0. The van der Waals surface area contributed by atoms with E-state index in [1.54, 1.807) is 0 Å². The fourth-order valence-corrected chi connectivity index (χ4v) is 1.12. The van der Waals surface area contributed by atoms with Crippen LogP contribution in [0.5, 0.6) is 0 Å². The van der Waals surface area contributed by atoms with Gasteiger partial charge in [-0.25, -0.2) is 0 Å². The third kappa shape index (κ3) is 3.40. The summed E-state index contributed by atoms with van der Waals surface area (Å²) in [6.07, 6.45) is 0.201. The number of alkyl halides is 1. The summed E-state index contributed by atoms with van der Waals surface area (Å²) < 4.78 is 0. The average molecular weight is 203 g/mol. The lowest BCUT2D eigenvalue weighted by Gasteiger charge is -2.02. The standard InChI is InChI=1S/C5H5Cl3O2/c6-2-1-3(4(7)9)5(8)10/h3H,1-2H2. The first kappa shape index (κ1) is 10.2. The van der Waals surface area contributed by atoms with Gasteiger partial charge >= 0.3 is 0 Å². The van der Waals surface area contributed by atoms with Crippen LogP contribution in [0.4, 0.5) is 0 Å². The molecule has 0 fully saturated rings. The topological polar surface area (TPSA) is 34.1 Å².